The standard InChI is InChI=1S/C37H56N6O6.C2H6/c1-7-16-29(26(4)34(45)38-24-25(3)39-30(23-32(44)42(5)6)27-17-11-9-12-18-27)40-35(46)31-21-15-22-43(31)36(47)33(41-37(48)49-8-2)28-19-13-10-14-20-28;1-2/h9,11-12,17-18,28-31,33,39H,3-4,7-8,10,13-16,19-24H2,1-2,5-6H3,(H,38,45)(H,40,46)(H,41,48);1-2H3. The first-order valence-electron chi connectivity index (χ1n) is 18.7. The van der Waals surface area contributed by atoms with Gasteiger partial charge in [0.05, 0.1) is 31.7 Å². The first-order valence-corrected chi connectivity index (χ1v) is 18.7. The summed E-state index contributed by atoms with van der Waals surface area (Å²) < 4.78 is 5.10. The molecule has 2 aliphatic rings. The average molecular weight is 711 g/mol. The van der Waals surface area contributed by atoms with Gasteiger partial charge in [-0.3, -0.25) is 19.2 Å². The van der Waals surface area contributed by atoms with Crippen LogP contribution < -0.4 is 21.3 Å². The van der Waals surface area contributed by atoms with E-state index in [4.69, 9.17) is 4.74 Å². The molecule has 0 radical (unpaired) electrons. The molecular weight excluding hydrogens is 648 g/mol. The van der Waals surface area contributed by atoms with Crippen LogP contribution in [-0.4, -0.2) is 91.4 Å². The molecule has 2 fully saturated rings. The molecule has 12 nitrogen and oxygen atoms in total. The molecule has 1 aliphatic carbocycles. The lowest BCUT2D eigenvalue weighted by Crippen LogP contribution is -2.57. The number of hydrogen-bond donors (Lipinski definition) is 4. The number of carbonyl (C=O) groups excluding carboxylic acids is 5. The van der Waals surface area contributed by atoms with Crippen molar-refractivity contribution in [3.63, 3.8) is 0 Å². The molecular formula is C39H62N6O6. The minimum absolute atomic E-state index is 0.0213. The molecule has 1 heterocycles. The summed E-state index contributed by atoms with van der Waals surface area (Å²) in [6, 6.07) is 7.10. The monoisotopic (exact) mass is 710 g/mol. The van der Waals surface area contributed by atoms with Crippen LogP contribution in [0.1, 0.15) is 104 Å². The highest BCUT2D eigenvalue weighted by atomic mass is 16.5. The van der Waals surface area contributed by atoms with Crippen LogP contribution in [0.4, 0.5) is 4.79 Å². The molecule has 0 spiro atoms. The van der Waals surface area contributed by atoms with E-state index in [0.29, 0.717) is 37.9 Å². The summed E-state index contributed by atoms with van der Waals surface area (Å²) in [6.07, 6.45) is 6.59. The Morgan fingerprint density at radius 1 is 0.922 bits per heavy atom. The Morgan fingerprint density at radius 3 is 2.20 bits per heavy atom. The fourth-order valence-corrected chi connectivity index (χ4v) is 6.57. The van der Waals surface area contributed by atoms with Crippen molar-refractivity contribution >= 4 is 29.7 Å². The maximum absolute atomic E-state index is 13.9. The Bertz CT molecular complexity index is 1310. The number of nitrogens with zero attached hydrogens (tertiary/aromatic N) is 2. The SMILES string of the molecule is C=C(CNC(=O)C(=C)C(CCC)NC(=O)C1CCCN1C(=O)C(NC(=O)OCC)C1CCCCC1)NC(CC(=O)N(C)C)c1ccccc1.CC. The molecule has 0 bridgehead atoms. The van der Waals surface area contributed by atoms with Gasteiger partial charge < -0.3 is 35.8 Å². The molecule has 3 rings (SSSR count). The summed E-state index contributed by atoms with van der Waals surface area (Å²) in [5.41, 5.74) is 1.63. The van der Waals surface area contributed by atoms with Gasteiger partial charge >= 0.3 is 6.09 Å². The summed E-state index contributed by atoms with van der Waals surface area (Å²) >= 11 is 0. The highest BCUT2D eigenvalue weighted by Gasteiger charge is 2.41. The van der Waals surface area contributed by atoms with Crippen LogP contribution in [-0.2, 0) is 23.9 Å². The summed E-state index contributed by atoms with van der Waals surface area (Å²) in [7, 11) is 3.41. The van der Waals surface area contributed by atoms with Crippen molar-refractivity contribution in [2.24, 2.45) is 5.92 Å². The number of ether oxygens (including phenoxy) is 1. The van der Waals surface area contributed by atoms with Crippen LogP contribution in [0, 0.1) is 5.92 Å². The molecule has 1 aliphatic heterocycles. The normalized spacial score (nSPS) is 17.4. The molecule has 0 aromatic heterocycles. The van der Waals surface area contributed by atoms with E-state index in [2.05, 4.69) is 34.4 Å². The maximum Gasteiger partial charge on any atom is 0.407 e. The van der Waals surface area contributed by atoms with Gasteiger partial charge in [0, 0.05) is 31.9 Å². The van der Waals surface area contributed by atoms with Crippen LogP contribution in [0.3, 0.4) is 0 Å². The molecule has 1 saturated carbocycles. The molecule has 4 unspecified atom stereocenters. The van der Waals surface area contributed by atoms with Crippen molar-refractivity contribution in [1.29, 1.82) is 0 Å². The Hall–Kier alpha value is -4.35. The molecule has 51 heavy (non-hydrogen) atoms. The Balaban J connectivity index is 0.00000442. The van der Waals surface area contributed by atoms with Crippen LogP contribution in [0.25, 0.3) is 0 Å². The zero-order valence-corrected chi connectivity index (χ0v) is 31.7. The fourth-order valence-electron chi connectivity index (χ4n) is 6.57. The lowest BCUT2D eigenvalue weighted by atomic mass is 9.83. The van der Waals surface area contributed by atoms with Crippen LogP contribution in [0.5, 0.6) is 0 Å². The first-order chi connectivity index (χ1) is 24.5. The quantitative estimate of drug-likeness (QED) is 0.167. The van der Waals surface area contributed by atoms with Crippen molar-refractivity contribution in [1.82, 2.24) is 31.1 Å². The Kier molecular flexibility index (Phi) is 18.9. The van der Waals surface area contributed by atoms with Crippen molar-refractivity contribution in [3.05, 3.63) is 60.3 Å². The molecule has 1 saturated heterocycles. The largest absolute Gasteiger partial charge is 0.450 e. The van der Waals surface area contributed by atoms with Crippen molar-refractivity contribution < 1.29 is 28.7 Å². The average Bonchev–Trinajstić information content (AvgIpc) is 3.64. The molecule has 4 atom stereocenters. The second kappa shape index (κ2) is 22.5. The van der Waals surface area contributed by atoms with Crippen molar-refractivity contribution in [2.45, 2.75) is 116 Å². The lowest BCUT2D eigenvalue weighted by molar-refractivity contribution is -0.141. The highest BCUT2D eigenvalue weighted by Crippen LogP contribution is 2.29. The number of amides is 5. The Morgan fingerprint density at radius 2 is 1.59 bits per heavy atom. The van der Waals surface area contributed by atoms with Crippen molar-refractivity contribution in [2.75, 3.05) is 33.8 Å². The number of nitrogens with one attached hydrogen (secondary N) is 4. The van der Waals surface area contributed by atoms with Crippen LogP contribution in [0.2, 0.25) is 0 Å². The van der Waals surface area contributed by atoms with Gasteiger partial charge in [0.2, 0.25) is 23.6 Å². The first kappa shape index (κ1) is 42.8. The Labute approximate surface area is 305 Å². The van der Waals surface area contributed by atoms with E-state index in [9.17, 15) is 24.0 Å². The minimum atomic E-state index is -0.760. The topological polar surface area (TPSA) is 149 Å². The van der Waals surface area contributed by atoms with E-state index in [-0.39, 0.29) is 54.8 Å². The highest BCUT2D eigenvalue weighted by molar-refractivity contribution is 5.96. The third-order valence-corrected chi connectivity index (χ3v) is 9.30. The molecule has 1 aromatic rings. The van der Waals surface area contributed by atoms with E-state index in [1.807, 2.05) is 51.1 Å². The van der Waals surface area contributed by atoms with E-state index < -0.39 is 30.1 Å². The molecule has 1 aromatic carbocycles. The summed E-state index contributed by atoms with van der Waals surface area (Å²) in [6.45, 7) is 16.4. The predicted molar refractivity (Wildman–Crippen MR) is 200 cm³/mol. The molecule has 284 valence electrons. The molecule has 4 N–H and O–H groups in total. The maximum atomic E-state index is 13.9. The van der Waals surface area contributed by atoms with E-state index >= 15 is 0 Å². The third kappa shape index (κ3) is 13.4. The number of carbonyl (C=O) groups is 5. The van der Waals surface area contributed by atoms with E-state index in [0.717, 1.165) is 37.7 Å². The van der Waals surface area contributed by atoms with E-state index in [1.54, 1.807) is 25.9 Å². The van der Waals surface area contributed by atoms with Gasteiger partial charge in [-0.15, -0.1) is 0 Å². The fraction of sp³-hybridized carbons (Fsp3) is 0.615. The van der Waals surface area contributed by atoms with Gasteiger partial charge in [-0.25, -0.2) is 4.79 Å². The van der Waals surface area contributed by atoms with Gasteiger partial charge in [0.15, 0.2) is 0 Å². The second-order valence-electron chi connectivity index (χ2n) is 13.2. The van der Waals surface area contributed by atoms with E-state index in [1.165, 1.54) is 4.90 Å². The number of alkyl carbamates (subject to hydrolysis) is 1. The number of hydrogen-bond acceptors (Lipinski definition) is 7. The number of likely N-dealkylation sites (tertiary alicyclic amines) is 1. The predicted octanol–water partition coefficient (Wildman–Crippen LogP) is 4.98. The zero-order valence-electron chi connectivity index (χ0n) is 31.7. The smallest absolute Gasteiger partial charge is 0.407 e. The van der Waals surface area contributed by atoms with Gasteiger partial charge in [-0.2, -0.15) is 0 Å². The van der Waals surface area contributed by atoms with Gasteiger partial charge in [-0.1, -0.05) is 89.9 Å². The minimum Gasteiger partial charge on any atom is -0.450 e. The summed E-state index contributed by atoms with van der Waals surface area (Å²) in [4.78, 5) is 68.9. The summed E-state index contributed by atoms with van der Waals surface area (Å²) in [5, 5.41) is 11.9. The number of rotatable bonds is 17. The second-order valence-corrected chi connectivity index (χ2v) is 13.2. The van der Waals surface area contributed by atoms with Crippen molar-refractivity contribution in [3.8, 4) is 0 Å². The van der Waals surface area contributed by atoms with Gasteiger partial charge in [0.25, 0.3) is 0 Å². The number of benzene rings is 1. The summed E-state index contributed by atoms with van der Waals surface area (Å²) in [5.74, 6) is -1.12. The third-order valence-electron chi connectivity index (χ3n) is 9.30. The molecule has 12 heteroatoms. The van der Waals surface area contributed by atoms with Gasteiger partial charge in [0.1, 0.15) is 12.1 Å². The van der Waals surface area contributed by atoms with Crippen LogP contribution in [0.15, 0.2) is 54.8 Å². The van der Waals surface area contributed by atoms with Crippen LogP contribution >= 0.6 is 0 Å². The van der Waals surface area contributed by atoms with Gasteiger partial charge in [-0.05, 0) is 50.5 Å². The zero-order chi connectivity index (χ0) is 37.9. The lowest BCUT2D eigenvalue weighted by Gasteiger charge is -2.34. The molecule has 5 amide bonds.